The number of hydrogen-bond donors (Lipinski definition) is 2. The molecule has 0 bridgehead atoms. The highest BCUT2D eigenvalue weighted by molar-refractivity contribution is 9.10. The molecule has 3 aromatic carbocycles. The van der Waals surface area contributed by atoms with Gasteiger partial charge in [0.05, 0.1) is 24.9 Å². The number of methoxy groups -OCH3 is 2. The lowest BCUT2D eigenvalue weighted by atomic mass is 10.1. The fraction of sp³-hybridized carbons (Fsp3) is 0.0870. The number of hydrazone groups is 1. The Kier molecular flexibility index (Phi) is 7.56. The molecule has 2 amide bonds. The van der Waals surface area contributed by atoms with Gasteiger partial charge in [-0.2, -0.15) is 5.10 Å². The molecule has 32 heavy (non-hydrogen) atoms. The van der Waals surface area contributed by atoms with E-state index in [0.29, 0.717) is 38.3 Å². The van der Waals surface area contributed by atoms with E-state index in [4.69, 9.17) is 9.47 Å². The molecular weight excluding hydrogens is 481 g/mol. The Labute approximate surface area is 192 Å². The summed E-state index contributed by atoms with van der Waals surface area (Å²) in [4.78, 5) is 24.5. The van der Waals surface area contributed by atoms with E-state index in [0.717, 1.165) is 0 Å². The Balaban J connectivity index is 1.62. The van der Waals surface area contributed by atoms with Gasteiger partial charge in [0.15, 0.2) is 0 Å². The number of carbonyl (C=O) groups is 2. The molecule has 0 fully saturated rings. The zero-order valence-corrected chi connectivity index (χ0v) is 18.8. The second kappa shape index (κ2) is 10.5. The number of nitrogens with zero attached hydrogens (tertiary/aromatic N) is 1. The minimum Gasteiger partial charge on any atom is -0.496 e. The van der Waals surface area contributed by atoms with Gasteiger partial charge >= 0.3 is 0 Å². The van der Waals surface area contributed by atoms with Crippen molar-refractivity contribution in [2.75, 3.05) is 19.5 Å². The summed E-state index contributed by atoms with van der Waals surface area (Å²) in [6.45, 7) is 0. The number of rotatable bonds is 7. The molecule has 0 unspecified atom stereocenters. The van der Waals surface area contributed by atoms with Crippen molar-refractivity contribution in [2.45, 2.75) is 0 Å². The summed E-state index contributed by atoms with van der Waals surface area (Å²) in [6.07, 6.45) is 1.46. The van der Waals surface area contributed by atoms with Crippen molar-refractivity contribution >= 4 is 39.6 Å². The van der Waals surface area contributed by atoms with Crippen LogP contribution >= 0.6 is 15.9 Å². The van der Waals surface area contributed by atoms with Crippen LogP contribution in [-0.2, 0) is 0 Å². The van der Waals surface area contributed by atoms with Gasteiger partial charge in [0.1, 0.15) is 17.3 Å². The van der Waals surface area contributed by atoms with Crippen LogP contribution in [0.3, 0.4) is 0 Å². The van der Waals surface area contributed by atoms with E-state index in [9.17, 15) is 14.0 Å². The first-order valence-corrected chi connectivity index (χ1v) is 10.1. The maximum Gasteiger partial charge on any atom is 0.271 e. The Morgan fingerprint density at radius 2 is 1.50 bits per heavy atom. The van der Waals surface area contributed by atoms with Gasteiger partial charge in [0, 0.05) is 28.4 Å². The molecule has 0 aliphatic rings. The van der Waals surface area contributed by atoms with Crippen LogP contribution in [0.2, 0.25) is 0 Å². The number of hydrogen-bond acceptors (Lipinski definition) is 5. The summed E-state index contributed by atoms with van der Waals surface area (Å²) >= 11 is 3.39. The molecule has 0 spiro atoms. The number of amides is 2. The average molecular weight is 500 g/mol. The smallest absolute Gasteiger partial charge is 0.271 e. The van der Waals surface area contributed by atoms with E-state index in [1.807, 2.05) is 0 Å². The van der Waals surface area contributed by atoms with E-state index < -0.39 is 11.7 Å². The fourth-order valence-electron chi connectivity index (χ4n) is 2.72. The molecule has 164 valence electrons. The number of carbonyl (C=O) groups excluding carboxylic acids is 2. The summed E-state index contributed by atoms with van der Waals surface area (Å²) in [5.74, 6) is -0.0906. The molecule has 0 aliphatic heterocycles. The minimum atomic E-state index is -0.427. The summed E-state index contributed by atoms with van der Waals surface area (Å²) in [5, 5.41) is 6.66. The highest BCUT2D eigenvalue weighted by atomic mass is 79.9. The Hall–Kier alpha value is -3.72. The molecule has 3 aromatic rings. The first kappa shape index (κ1) is 23.0. The average Bonchev–Trinajstić information content (AvgIpc) is 2.80. The van der Waals surface area contributed by atoms with Gasteiger partial charge in [-0.25, -0.2) is 9.82 Å². The standard InChI is InChI=1S/C23H19BrFN3O4/c1-31-20-12-21(32-2)19(24)11-16(20)13-26-28-23(30)15-5-9-18(10-6-15)27-22(29)14-3-7-17(25)8-4-14/h3-13H,1-2H3,(H,27,29)(H,28,30)/b26-13-. The van der Waals surface area contributed by atoms with E-state index in [-0.39, 0.29) is 5.91 Å². The minimum absolute atomic E-state index is 0.322. The number of nitrogens with one attached hydrogen (secondary N) is 2. The number of anilines is 1. The van der Waals surface area contributed by atoms with E-state index in [2.05, 4.69) is 31.8 Å². The third-order valence-corrected chi connectivity index (χ3v) is 5.00. The molecule has 0 aromatic heterocycles. The lowest BCUT2D eigenvalue weighted by Crippen LogP contribution is -2.18. The van der Waals surface area contributed by atoms with E-state index in [1.165, 1.54) is 37.6 Å². The van der Waals surface area contributed by atoms with Crippen molar-refractivity contribution in [3.05, 3.63) is 87.6 Å². The van der Waals surface area contributed by atoms with Crippen LogP contribution < -0.4 is 20.2 Å². The summed E-state index contributed by atoms with van der Waals surface area (Å²) in [6, 6.07) is 14.9. The molecule has 0 heterocycles. The summed E-state index contributed by atoms with van der Waals surface area (Å²) < 4.78 is 24.2. The predicted molar refractivity (Wildman–Crippen MR) is 123 cm³/mol. The van der Waals surface area contributed by atoms with Crippen LogP contribution in [0, 0.1) is 5.82 Å². The Morgan fingerprint density at radius 3 is 2.12 bits per heavy atom. The van der Waals surface area contributed by atoms with E-state index in [1.54, 1.807) is 43.5 Å². The van der Waals surface area contributed by atoms with Crippen LogP contribution in [0.5, 0.6) is 11.5 Å². The van der Waals surface area contributed by atoms with Gasteiger partial charge < -0.3 is 14.8 Å². The molecular formula is C23H19BrFN3O4. The molecule has 0 radical (unpaired) electrons. The number of benzene rings is 3. The fourth-order valence-corrected chi connectivity index (χ4v) is 3.24. The van der Waals surface area contributed by atoms with Gasteiger partial charge in [-0.15, -0.1) is 0 Å². The van der Waals surface area contributed by atoms with Crippen LogP contribution in [0.15, 0.2) is 70.2 Å². The van der Waals surface area contributed by atoms with Gasteiger partial charge in [0.2, 0.25) is 0 Å². The third-order valence-electron chi connectivity index (χ3n) is 4.39. The van der Waals surface area contributed by atoms with Crippen LogP contribution in [0.4, 0.5) is 10.1 Å². The second-order valence-corrected chi connectivity index (χ2v) is 7.32. The molecule has 3 rings (SSSR count). The second-order valence-electron chi connectivity index (χ2n) is 6.47. The van der Waals surface area contributed by atoms with Crippen LogP contribution in [0.25, 0.3) is 0 Å². The molecule has 7 nitrogen and oxygen atoms in total. The van der Waals surface area contributed by atoms with Crippen molar-refractivity contribution in [1.29, 1.82) is 0 Å². The zero-order chi connectivity index (χ0) is 23.1. The number of halogens is 2. The largest absolute Gasteiger partial charge is 0.496 e. The molecule has 2 N–H and O–H groups in total. The van der Waals surface area contributed by atoms with Crippen molar-refractivity contribution in [3.63, 3.8) is 0 Å². The molecule has 9 heteroatoms. The van der Waals surface area contributed by atoms with Crippen molar-refractivity contribution in [1.82, 2.24) is 5.43 Å². The SMILES string of the molecule is COc1cc(OC)c(/C=N\NC(=O)c2ccc(NC(=O)c3ccc(F)cc3)cc2)cc1Br. The lowest BCUT2D eigenvalue weighted by Gasteiger charge is -2.09. The zero-order valence-electron chi connectivity index (χ0n) is 17.2. The quantitative estimate of drug-likeness (QED) is 0.366. The van der Waals surface area contributed by atoms with E-state index >= 15 is 0 Å². The van der Waals surface area contributed by atoms with Crippen LogP contribution in [0.1, 0.15) is 26.3 Å². The normalized spacial score (nSPS) is 10.6. The first-order valence-electron chi connectivity index (χ1n) is 9.33. The summed E-state index contributed by atoms with van der Waals surface area (Å²) in [5.41, 5.74) is 4.25. The highest BCUT2D eigenvalue weighted by Gasteiger charge is 2.10. The molecule has 0 atom stereocenters. The predicted octanol–water partition coefficient (Wildman–Crippen LogP) is 4.62. The van der Waals surface area contributed by atoms with Gasteiger partial charge in [0.25, 0.3) is 11.8 Å². The van der Waals surface area contributed by atoms with Crippen molar-refractivity contribution in [2.24, 2.45) is 5.10 Å². The molecule has 0 saturated carbocycles. The van der Waals surface area contributed by atoms with Crippen molar-refractivity contribution < 1.29 is 23.5 Å². The van der Waals surface area contributed by atoms with Gasteiger partial charge in [-0.1, -0.05) is 0 Å². The molecule has 0 saturated heterocycles. The monoisotopic (exact) mass is 499 g/mol. The topological polar surface area (TPSA) is 89.0 Å². The maximum absolute atomic E-state index is 13.0. The Morgan fingerprint density at radius 1 is 0.906 bits per heavy atom. The Bertz CT molecular complexity index is 1150. The van der Waals surface area contributed by atoms with Gasteiger partial charge in [-0.05, 0) is 70.5 Å². The molecule has 0 aliphatic carbocycles. The van der Waals surface area contributed by atoms with Crippen molar-refractivity contribution in [3.8, 4) is 11.5 Å². The first-order chi connectivity index (χ1) is 15.4. The van der Waals surface area contributed by atoms with Gasteiger partial charge in [-0.3, -0.25) is 9.59 Å². The third kappa shape index (κ3) is 5.70. The lowest BCUT2D eigenvalue weighted by molar-refractivity contribution is 0.0954. The maximum atomic E-state index is 13.0. The highest BCUT2D eigenvalue weighted by Crippen LogP contribution is 2.31. The number of ether oxygens (including phenoxy) is 2. The van der Waals surface area contributed by atoms with Crippen LogP contribution in [-0.4, -0.2) is 32.2 Å². The summed E-state index contributed by atoms with van der Waals surface area (Å²) in [7, 11) is 3.07.